The maximum absolute atomic E-state index is 13.5. The van der Waals surface area contributed by atoms with E-state index < -0.39 is 30.5 Å². The van der Waals surface area contributed by atoms with E-state index in [0.29, 0.717) is 11.0 Å². The maximum Gasteiger partial charge on any atom is 0.276 e. The Labute approximate surface area is 196 Å². The first-order chi connectivity index (χ1) is 16.5. The van der Waals surface area contributed by atoms with Crippen LogP contribution in [0.25, 0.3) is 22.6 Å². The molecular weight excluding hydrogens is 467 g/mol. The molecule has 1 aliphatic carbocycles. The Hall–Kier alpha value is -3.84. The van der Waals surface area contributed by atoms with E-state index in [-0.39, 0.29) is 52.8 Å². The number of anilines is 2. The second kappa shape index (κ2) is 7.85. The highest BCUT2D eigenvalue weighted by molar-refractivity contribution is 6.08. The van der Waals surface area contributed by atoms with Gasteiger partial charge in [-0.05, 0) is 19.8 Å². The lowest BCUT2D eigenvalue weighted by Gasteiger charge is -2.24. The van der Waals surface area contributed by atoms with E-state index in [1.54, 1.807) is 7.05 Å². The molecule has 1 aliphatic heterocycles. The van der Waals surface area contributed by atoms with Crippen molar-refractivity contribution in [1.82, 2.24) is 35.0 Å². The molecule has 3 aromatic rings. The van der Waals surface area contributed by atoms with Crippen LogP contribution in [0.1, 0.15) is 37.6 Å². The second-order valence-corrected chi connectivity index (χ2v) is 8.98. The third-order valence-corrected chi connectivity index (χ3v) is 6.20. The molecule has 0 spiro atoms. The molecule has 11 nitrogen and oxygen atoms in total. The number of nitrogens with two attached hydrogens (primary N) is 1. The van der Waals surface area contributed by atoms with Crippen molar-refractivity contribution < 1.29 is 22.8 Å². The quantitative estimate of drug-likeness (QED) is 0.453. The molecule has 0 saturated heterocycles. The molecule has 4 N–H and O–H groups in total. The van der Waals surface area contributed by atoms with E-state index in [0.717, 1.165) is 12.8 Å². The molecule has 5 rings (SSSR count). The van der Waals surface area contributed by atoms with Gasteiger partial charge in [0.25, 0.3) is 11.8 Å². The van der Waals surface area contributed by atoms with Gasteiger partial charge in [0.2, 0.25) is 5.91 Å². The second-order valence-electron chi connectivity index (χ2n) is 8.98. The number of hydrogen-bond donors (Lipinski definition) is 3. The molecular formula is C21H22F3N9O2. The van der Waals surface area contributed by atoms with Gasteiger partial charge in [-0.2, -0.15) is 5.10 Å². The van der Waals surface area contributed by atoms with Gasteiger partial charge in [-0.25, -0.2) is 33.1 Å². The predicted octanol–water partition coefficient (Wildman–Crippen LogP) is 1.63. The summed E-state index contributed by atoms with van der Waals surface area (Å²) in [6, 6.07) is 0. The van der Waals surface area contributed by atoms with Gasteiger partial charge in [0, 0.05) is 25.8 Å². The number of carbonyl (C=O) groups is 2. The van der Waals surface area contributed by atoms with Crippen molar-refractivity contribution in [3.05, 3.63) is 17.6 Å². The first-order valence-corrected chi connectivity index (χ1v) is 11.0. The summed E-state index contributed by atoms with van der Waals surface area (Å²) in [5.41, 5.74) is 5.53. The molecule has 2 aliphatic rings. The van der Waals surface area contributed by atoms with Crippen LogP contribution in [-0.4, -0.2) is 54.1 Å². The smallest absolute Gasteiger partial charge is 0.276 e. The molecule has 1 saturated carbocycles. The van der Waals surface area contributed by atoms with Gasteiger partial charge in [-0.3, -0.25) is 14.3 Å². The van der Waals surface area contributed by atoms with Crippen LogP contribution in [0.5, 0.6) is 0 Å². The Morgan fingerprint density at radius 2 is 2.06 bits per heavy atom. The van der Waals surface area contributed by atoms with Crippen LogP contribution in [0.15, 0.2) is 6.20 Å². The number of aromatic nitrogens is 6. The number of aryl methyl sites for hydroxylation is 2. The van der Waals surface area contributed by atoms with E-state index in [4.69, 9.17) is 5.73 Å². The fraction of sp³-hybridized carbons (Fsp3) is 0.476. The lowest BCUT2D eigenvalue weighted by molar-refractivity contribution is -0.130. The molecule has 0 radical (unpaired) electrons. The van der Waals surface area contributed by atoms with E-state index >= 15 is 0 Å². The van der Waals surface area contributed by atoms with E-state index in [2.05, 4.69) is 35.7 Å². The summed E-state index contributed by atoms with van der Waals surface area (Å²) >= 11 is 0. The highest BCUT2D eigenvalue weighted by atomic mass is 19.3. The van der Waals surface area contributed by atoms with Crippen LogP contribution in [0.4, 0.5) is 24.8 Å². The molecule has 14 heteroatoms. The Kier molecular flexibility index (Phi) is 5.14. The van der Waals surface area contributed by atoms with Gasteiger partial charge in [-0.1, -0.05) is 0 Å². The van der Waals surface area contributed by atoms with Crippen LogP contribution in [0.2, 0.25) is 0 Å². The van der Waals surface area contributed by atoms with Crippen molar-refractivity contribution in [3.8, 4) is 11.5 Å². The predicted molar refractivity (Wildman–Crippen MR) is 118 cm³/mol. The molecule has 1 fully saturated rings. The Morgan fingerprint density at radius 1 is 1.31 bits per heavy atom. The third kappa shape index (κ3) is 3.91. The van der Waals surface area contributed by atoms with Gasteiger partial charge < -0.3 is 16.4 Å². The zero-order chi connectivity index (χ0) is 25.1. The highest BCUT2D eigenvalue weighted by Crippen LogP contribution is 2.40. The standard InChI is InChI=1S/C21H22F3N9O2/c1-20(32-18(34)9-3-4-9)12-14(25)29-16(30-15(12)31-19(20)35)13-10-7-26-33(2)17(10)28-11(27-13)5-6-21(23,24)8-22/h7,9H,3-6,8H2,1-2H3,(H,32,34)(H3,25,29,30,31,35). The topological polar surface area (TPSA) is 154 Å². The van der Waals surface area contributed by atoms with Crippen molar-refractivity contribution in [2.45, 2.75) is 44.1 Å². The minimum Gasteiger partial charge on any atom is -0.383 e. The van der Waals surface area contributed by atoms with Crippen LogP contribution in [-0.2, 0) is 28.6 Å². The minimum absolute atomic E-state index is 0.0122. The van der Waals surface area contributed by atoms with Crippen molar-refractivity contribution in [2.75, 3.05) is 17.7 Å². The first kappa shape index (κ1) is 22.9. The lowest BCUT2D eigenvalue weighted by Crippen LogP contribution is -2.49. The van der Waals surface area contributed by atoms with Gasteiger partial charge in [0.05, 0.1) is 17.1 Å². The number of alkyl halides is 3. The summed E-state index contributed by atoms with van der Waals surface area (Å²) < 4.78 is 41.0. The van der Waals surface area contributed by atoms with E-state index in [9.17, 15) is 22.8 Å². The number of hydrogen-bond acceptors (Lipinski definition) is 8. The molecule has 2 amide bonds. The molecule has 1 atom stereocenters. The fourth-order valence-electron chi connectivity index (χ4n) is 4.04. The summed E-state index contributed by atoms with van der Waals surface area (Å²) in [7, 11) is 1.62. The van der Waals surface area contributed by atoms with Crippen LogP contribution >= 0.6 is 0 Å². The SMILES string of the molecule is Cn1ncc2c(-c3nc(N)c4c(n3)NC(=O)C4(C)NC(=O)C3CC3)nc(CCC(F)(F)CF)nc21. The zero-order valence-electron chi connectivity index (χ0n) is 18.9. The van der Waals surface area contributed by atoms with E-state index in [1.807, 2.05) is 0 Å². The normalized spacial score (nSPS) is 19.6. The Bertz CT molecular complexity index is 1370. The Morgan fingerprint density at radius 3 is 2.74 bits per heavy atom. The van der Waals surface area contributed by atoms with Gasteiger partial charge >= 0.3 is 0 Å². The van der Waals surface area contributed by atoms with Crippen molar-refractivity contribution >= 4 is 34.5 Å². The largest absolute Gasteiger partial charge is 0.383 e. The van der Waals surface area contributed by atoms with E-state index in [1.165, 1.54) is 17.8 Å². The summed E-state index contributed by atoms with van der Waals surface area (Å²) in [5, 5.41) is 9.95. The van der Waals surface area contributed by atoms with Crippen LogP contribution < -0.4 is 16.4 Å². The summed E-state index contributed by atoms with van der Waals surface area (Å²) in [6.07, 6.45) is 1.91. The minimum atomic E-state index is -3.50. The van der Waals surface area contributed by atoms with Crippen molar-refractivity contribution in [2.24, 2.45) is 13.0 Å². The van der Waals surface area contributed by atoms with Crippen LogP contribution in [0, 0.1) is 5.92 Å². The van der Waals surface area contributed by atoms with Crippen LogP contribution in [0.3, 0.4) is 0 Å². The first-order valence-electron chi connectivity index (χ1n) is 11.0. The molecule has 0 bridgehead atoms. The number of nitrogens with zero attached hydrogens (tertiary/aromatic N) is 6. The number of nitrogen functional groups attached to an aromatic ring is 1. The zero-order valence-corrected chi connectivity index (χ0v) is 18.9. The summed E-state index contributed by atoms with van der Waals surface area (Å²) in [4.78, 5) is 42.6. The number of nitrogens with one attached hydrogen (secondary N) is 2. The molecule has 184 valence electrons. The average Bonchev–Trinajstić information content (AvgIpc) is 3.55. The van der Waals surface area contributed by atoms with Gasteiger partial charge in [0.15, 0.2) is 18.1 Å². The molecule has 1 unspecified atom stereocenters. The van der Waals surface area contributed by atoms with Gasteiger partial charge in [-0.15, -0.1) is 0 Å². The lowest BCUT2D eigenvalue weighted by atomic mass is 9.94. The molecule has 35 heavy (non-hydrogen) atoms. The van der Waals surface area contributed by atoms with Gasteiger partial charge in [0.1, 0.15) is 28.7 Å². The molecule has 3 aromatic heterocycles. The summed E-state index contributed by atoms with van der Waals surface area (Å²) in [5.74, 6) is -4.30. The average molecular weight is 489 g/mol. The third-order valence-electron chi connectivity index (χ3n) is 6.20. The summed E-state index contributed by atoms with van der Waals surface area (Å²) in [6.45, 7) is -0.255. The van der Waals surface area contributed by atoms with Crippen molar-refractivity contribution in [1.29, 1.82) is 0 Å². The number of halogens is 3. The van der Waals surface area contributed by atoms with Crippen molar-refractivity contribution in [3.63, 3.8) is 0 Å². The highest BCUT2D eigenvalue weighted by Gasteiger charge is 2.49. The fourth-order valence-corrected chi connectivity index (χ4v) is 4.04. The number of carbonyl (C=O) groups excluding carboxylic acids is 2. The Balaban J connectivity index is 1.57. The molecule has 4 heterocycles. The monoisotopic (exact) mass is 489 g/mol. The number of amides is 2. The number of rotatable bonds is 7. The molecule has 0 aromatic carbocycles. The number of fused-ring (bicyclic) bond motifs is 2. The maximum atomic E-state index is 13.5.